The third-order valence-electron chi connectivity index (χ3n) is 4.35. The topological polar surface area (TPSA) is 24.5 Å². The normalized spacial score (nSPS) is 40.7. The van der Waals surface area contributed by atoms with Crippen LogP contribution in [-0.4, -0.2) is 48.8 Å². The molecule has 0 radical (unpaired) electrons. The van der Waals surface area contributed by atoms with E-state index in [2.05, 4.69) is 17.1 Å². The molecule has 2 unspecified atom stereocenters. The second-order valence-electron chi connectivity index (χ2n) is 5.99. The maximum atomic E-state index is 5.81. The van der Waals surface area contributed by atoms with E-state index in [-0.39, 0.29) is 5.60 Å². The average molecular weight is 224 g/mol. The monoisotopic (exact) mass is 224 g/mol. The van der Waals surface area contributed by atoms with Crippen LogP contribution in [0.1, 0.15) is 39.0 Å². The molecule has 3 nitrogen and oxygen atoms in total. The molecule has 1 saturated carbocycles. The molecule has 3 aliphatic rings. The summed E-state index contributed by atoms with van der Waals surface area (Å²) >= 11 is 0. The number of likely N-dealkylation sites (tertiary alicyclic amines) is 1. The van der Waals surface area contributed by atoms with Crippen LogP contribution < -0.4 is 5.32 Å². The third kappa shape index (κ3) is 2.41. The molecule has 0 spiro atoms. The van der Waals surface area contributed by atoms with Crippen molar-refractivity contribution in [3.63, 3.8) is 0 Å². The molecule has 2 atom stereocenters. The van der Waals surface area contributed by atoms with Gasteiger partial charge in [0, 0.05) is 38.3 Å². The van der Waals surface area contributed by atoms with Crippen LogP contribution >= 0.6 is 0 Å². The molecule has 0 aromatic rings. The molecular formula is C13H24N2O. The van der Waals surface area contributed by atoms with Gasteiger partial charge >= 0.3 is 0 Å². The van der Waals surface area contributed by atoms with Gasteiger partial charge in [-0.2, -0.15) is 0 Å². The maximum absolute atomic E-state index is 5.81. The largest absolute Gasteiger partial charge is 0.374 e. The van der Waals surface area contributed by atoms with Crippen LogP contribution in [0.4, 0.5) is 0 Å². The first kappa shape index (κ1) is 11.0. The minimum absolute atomic E-state index is 0.118. The van der Waals surface area contributed by atoms with Gasteiger partial charge in [-0.25, -0.2) is 0 Å². The summed E-state index contributed by atoms with van der Waals surface area (Å²) in [6.45, 7) is 6.81. The zero-order valence-corrected chi connectivity index (χ0v) is 10.4. The lowest BCUT2D eigenvalue weighted by molar-refractivity contribution is 0.0189. The SMILES string of the molecule is CC1(CNC2CCN(C3CC3)C2)CCCO1. The lowest BCUT2D eigenvalue weighted by atomic mass is 10.0. The van der Waals surface area contributed by atoms with Crippen molar-refractivity contribution in [3.8, 4) is 0 Å². The number of rotatable bonds is 4. The van der Waals surface area contributed by atoms with Crippen molar-refractivity contribution < 1.29 is 4.74 Å². The Morgan fingerprint density at radius 1 is 1.38 bits per heavy atom. The van der Waals surface area contributed by atoms with E-state index in [4.69, 9.17) is 4.74 Å². The van der Waals surface area contributed by atoms with Gasteiger partial charge in [0.05, 0.1) is 5.60 Å². The van der Waals surface area contributed by atoms with Crippen LogP contribution in [0, 0.1) is 0 Å². The third-order valence-corrected chi connectivity index (χ3v) is 4.35. The molecule has 0 aromatic carbocycles. The molecule has 2 heterocycles. The lowest BCUT2D eigenvalue weighted by Gasteiger charge is -2.26. The number of nitrogens with zero attached hydrogens (tertiary/aromatic N) is 1. The van der Waals surface area contributed by atoms with Crippen LogP contribution in [0.15, 0.2) is 0 Å². The molecule has 2 aliphatic heterocycles. The van der Waals surface area contributed by atoms with Crippen LogP contribution in [-0.2, 0) is 4.74 Å². The van der Waals surface area contributed by atoms with E-state index in [1.165, 1.54) is 45.2 Å². The Hall–Kier alpha value is -0.120. The molecule has 16 heavy (non-hydrogen) atoms. The summed E-state index contributed by atoms with van der Waals surface area (Å²) in [5.41, 5.74) is 0.118. The zero-order chi connectivity index (χ0) is 11.0. The fourth-order valence-electron chi connectivity index (χ4n) is 3.06. The zero-order valence-electron chi connectivity index (χ0n) is 10.4. The van der Waals surface area contributed by atoms with E-state index in [0.29, 0.717) is 6.04 Å². The Bertz CT molecular complexity index is 246. The summed E-state index contributed by atoms with van der Waals surface area (Å²) in [4.78, 5) is 2.66. The van der Waals surface area contributed by atoms with E-state index in [0.717, 1.165) is 19.2 Å². The Morgan fingerprint density at radius 2 is 2.25 bits per heavy atom. The van der Waals surface area contributed by atoms with Crippen molar-refractivity contribution in [3.05, 3.63) is 0 Å². The predicted octanol–water partition coefficient (Wildman–Crippen LogP) is 1.38. The van der Waals surface area contributed by atoms with Gasteiger partial charge < -0.3 is 10.1 Å². The molecule has 92 valence electrons. The van der Waals surface area contributed by atoms with Gasteiger partial charge in [0.15, 0.2) is 0 Å². The smallest absolute Gasteiger partial charge is 0.0779 e. The van der Waals surface area contributed by atoms with Crippen LogP contribution in [0.3, 0.4) is 0 Å². The van der Waals surface area contributed by atoms with E-state index >= 15 is 0 Å². The molecule has 3 heteroatoms. The van der Waals surface area contributed by atoms with Crippen molar-refractivity contribution in [1.29, 1.82) is 0 Å². The average Bonchev–Trinajstić information content (AvgIpc) is 2.87. The first-order valence-corrected chi connectivity index (χ1v) is 6.87. The Balaban J connectivity index is 1.42. The molecule has 0 amide bonds. The predicted molar refractivity (Wildman–Crippen MR) is 64.6 cm³/mol. The number of hydrogen-bond acceptors (Lipinski definition) is 3. The van der Waals surface area contributed by atoms with Crippen molar-refractivity contribution in [1.82, 2.24) is 10.2 Å². The highest BCUT2D eigenvalue weighted by Crippen LogP contribution is 2.30. The summed E-state index contributed by atoms with van der Waals surface area (Å²) in [5.74, 6) is 0. The van der Waals surface area contributed by atoms with Crippen molar-refractivity contribution >= 4 is 0 Å². The van der Waals surface area contributed by atoms with Gasteiger partial charge in [0.1, 0.15) is 0 Å². The van der Waals surface area contributed by atoms with Gasteiger partial charge in [-0.3, -0.25) is 4.90 Å². The Kier molecular flexibility index (Phi) is 2.94. The highest BCUT2D eigenvalue weighted by atomic mass is 16.5. The van der Waals surface area contributed by atoms with Crippen molar-refractivity contribution in [2.75, 3.05) is 26.2 Å². The molecule has 1 N–H and O–H groups in total. The minimum Gasteiger partial charge on any atom is -0.374 e. The van der Waals surface area contributed by atoms with Gasteiger partial charge in [-0.15, -0.1) is 0 Å². The van der Waals surface area contributed by atoms with Gasteiger partial charge in [0.2, 0.25) is 0 Å². The number of ether oxygens (including phenoxy) is 1. The fraction of sp³-hybridized carbons (Fsp3) is 1.00. The number of hydrogen-bond donors (Lipinski definition) is 1. The second kappa shape index (κ2) is 4.28. The van der Waals surface area contributed by atoms with Crippen LogP contribution in [0.25, 0.3) is 0 Å². The van der Waals surface area contributed by atoms with Crippen molar-refractivity contribution in [2.24, 2.45) is 0 Å². The van der Waals surface area contributed by atoms with E-state index in [9.17, 15) is 0 Å². The lowest BCUT2D eigenvalue weighted by Crippen LogP contribution is -2.43. The van der Waals surface area contributed by atoms with Crippen LogP contribution in [0.2, 0.25) is 0 Å². The Morgan fingerprint density at radius 3 is 2.94 bits per heavy atom. The highest BCUT2D eigenvalue weighted by Gasteiger charge is 2.36. The van der Waals surface area contributed by atoms with Crippen molar-refractivity contribution in [2.45, 2.75) is 56.7 Å². The molecule has 2 saturated heterocycles. The molecule has 0 bridgehead atoms. The quantitative estimate of drug-likeness (QED) is 0.781. The van der Waals surface area contributed by atoms with Crippen LogP contribution in [0.5, 0.6) is 0 Å². The molecule has 3 rings (SSSR count). The molecule has 0 aromatic heterocycles. The summed E-state index contributed by atoms with van der Waals surface area (Å²) in [7, 11) is 0. The highest BCUT2D eigenvalue weighted by molar-refractivity contribution is 4.93. The summed E-state index contributed by atoms with van der Waals surface area (Å²) in [6, 6.07) is 1.65. The molecule has 3 fully saturated rings. The minimum atomic E-state index is 0.118. The van der Waals surface area contributed by atoms with E-state index in [1.54, 1.807) is 0 Å². The standard InChI is InChI=1S/C13H24N2O/c1-13(6-2-8-16-13)10-14-11-5-7-15(9-11)12-3-4-12/h11-12,14H,2-10H2,1H3. The second-order valence-corrected chi connectivity index (χ2v) is 5.99. The van der Waals surface area contributed by atoms with Gasteiger partial charge in [0.25, 0.3) is 0 Å². The molecule has 1 aliphatic carbocycles. The maximum Gasteiger partial charge on any atom is 0.0779 e. The first-order valence-electron chi connectivity index (χ1n) is 6.87. The summed E-state index contributed by atoms with van der Waals surface area (Å²) < 4.78 is 5.81. The molecular weight excluding hydrogens is 200 g/mol. The Labute approximate surface area is 98.5 Å². The first-order chi connectivity index (χ1) is 7.75. The summed E-state index contributed by atoms with van der Waals surface area (Å²) in [5, 5.41) is 3.71. The van der Waals surface area contributed by atoms with Gasteiger partial charge in [-0.05, 0) is 39.0 Å². The van der Waals surface area contributed by atoms with Gasteiger partial charge in [-0.1, -0.05) is 0 Å². The summed E-state index contributed by atoms with van der Waals surface area (Å²) in [6.07, 6.45) is 6.66. The van der Waals surface area contributed by atoms with E-state index in [1.807, 2.05) is 0 Å². The fourth-order valence-corrected chi connectivity index (χ4v) is 3.06. The number of nitrogens with one attached hydrogen (secondary N) is 1. The van der Waals surface area contributed by atoms with E-state index < -0.39 is 0 Å².